The average Bonchev–Trinajstić information content (AvgIpc) is 3.71. The summed E-state index contributed by atoms with van der Waals surface area (Å²) in [6.45, 7) is 8.96. The Morgan fingerprint density at radius 3 is 1.19 bits per heavy atom. The molecule has 0 spiro atoms. The molecule has 0 aromatic heterocycles. The molecule has 0 heterocycles. The standard InChI is InChI=1S/C16H14.2C9H7.C6H14N.In.Zr/c1-3-9-15(10-4-1)13-7-8-14-16-11-5-2-6-12-16;2*1-2-5-9-7-3-6-8(9)4-1;1-5(2)7-6(3)4;;/h1-14H;2*1-7H;5-6H,1-4H3;;/q;3*-1;+1;+2. The van der Waals surface area contributed by atoms with Crippen LogP contribution in [-0.4, -0.2) is 39.6 Å². The van der Waals surface area contributed by atoms with E-state index in [0.717, 1.165) is 12.1 Å². The summed E-state index contributed by atoms with van der Waals surface area (Å²) in [7, 11) is 0. The van der Waals surface area contributed by atoms with Crippen molar-refractivity contribution < 1.29 is 26.2 Å². The van der Waals surface area contributed by atoms with E-state index in [4.69, 9.17) is 0 Å². The molecular weight excluding hydrogens is 700 g/mol. The minimum Gasteiger partial charge on any atom is -0.168 e. The predicted molar refractivity (Wildman–Crippen MR) is 188 cm³/mol. The monoisotopic (exact) mass is 741 g/mol. The Hall–Kier alpha value is -2.71. The quantitative estimate of drug-likeness (QED) is 0.126. The fourth-order valence-electron chi connectivity index (χ4n) is 4.20. The number of benzene rings is 4. The van der Waals surface area contributed by atoms with Crippen LogP contribution in [0.25, 0.3) is 33.7 Å². The first kappa shape index (κ1) is 36.5. The second-order valence-electron chi connectivity index (χ2n) is 10.5. The molecule has 43 heavy (non-hydrogen) atoms. The van der Waals surface area contributed by atoms with E-state index < -0.39 is 0 Å². The molecule has 0 aliphatic heterocycles. The number of nitrogens with zero attached hydrogens (tertiary/aromatic N) is 1. The van der Waals surface area contributed by atoms with Crippen molar-refractivity contribution in [3.63, 3.8) is 0 Å². The molecule has 0 amide bonds. The molecule has 0 saturated carbocycles. The largest absolute Gasteiger partial charge is 2.00 e. The molecule has 0 atom stereocenters. The van der Waals surface area contributed by atoms with Crippen molar-refractivity contribution in [3.05, 3.63) is 169 Å². The van der Waals surface area contributed by atoms with Gasteiger partial charge in [0.25, 0.3) is 0 Å². The van der Waals surface area contributed by atoms with Crippen LogP contribution in [0.1, 0.15) is 38.8 Å². The van der Waals surface area contributed by atoms with Gasteiger partial charge in [-0.25, -0.2) is 0 Å². The van der Waals surface area contributed by atoms with Crippen LogP contribution in [0.2, 0.25) is 0 Å². The predicted octanol–water partition coefficient (Wildman–Crippen LogP) is 10.7. The fourth-order valence-corrected chi connectivity index (χ4v) is 4.20. The Labute approximate surface area is 293 Å². The summed E-state index contributed by atoms with van der Waals surface area (Å²) < 4.78 is 2.46. The van der Waals surface area contributed by atoms with E-state index in [1.54, 1.807) is 0 Å². The van der Waals surface area contributed by atoms with Crippen LogP contribution in [0, 0.1) is 0 Å². The van der Waals surface area contributed by atoms with Crippen molar-refractivity contribution in [2.45, 2.75) is 39.8 Å². The molecule has 0 saturated heterocycles. The molecule has 6 aromatic rings. The van der Waals surface area contributed by atoms with E-state index >= 15 is 0 Å². The van der Waals surface area contributed by atoms with Crippen LogP contribution in [0.3, 0.4) is 0 Å². The number of allylic oxidation sites excluding steroid dienone is 2. The van der Waals surface area contributed by atoms with Gasteiger partial charge in [-0.2, -0.15) is 35.0 Å². The van der Waals surface area contributed by atoms with Crippen LogP contribution in [0.5, 0.6) is 0 Å². The van der Waals surface area contributed by atoms with Crippen LogP contribution in [0.4, 0.5) is 0 Å². The molecule has 0 aliphatic rings. The molecule has 3 heteroatoms. The Morgan fingerprint density at radius 1 is 0.512 bits per heavy atom. The molecular formula is C40H42InNZr. The summed E-state index contributed by atoms with van der Waals surface area (Å²) in [5, 5.41) is 5.32. The zero-order chi connectivity index (χ0) is 30.0. The number of hydrogen-bond donors (Lipinski definition) is 0. The molecule has 0 bridgehead atoms. The van der Waals surface area contributed by atoms with Gasteiger partial charge in [0.1, 0.15) is 0 Å². The SMILES string of the molecule is C(C=Cc1ccccc1)=Cc1ccccc1.CC(C)[N]([In])C(C)C.[Zr+2].c1ccc2[cH-]ccc2c1.c1ccc2[cH-]ccc2c1. The summed E-state index contributed by atoms with van der Waals surface area (Å²) in [5.74, 6) is 0. The van der Waals surface area contributed by atoms with Gasteiger partial charge in [0.15, 0.2) is 0 Å². The Morgan fingerprint density at radius 2 is 0.860 bits per heavy atom. The van der Waals surface area contributed by atoms with Crippen molar-refractivity contribution in [1.82, 2.24) is 2.89 Å². The van der Waals surface area contributed by atoms with Crippen molar-refractivity contribution in [3.8, 4) is 0 Å². The molecule has 0 aliphatic carbocycles. The van der Waals surface area contributed by atoms with Crippen molar-refractivity contribution in [2.24, 2.45) is 0 Å². The van der Waals surface area contributed by atoms with E-state index in [2.05, 4.69) is 164 Å². The summed E-state index contributed by atoms with van der Waals surface area (Å²) >= 11 is 1.25. The summed E-state index contributed by atoms with van der Waals surface area (Å²) in [6, 6.07) is 51.4. The van der Waals surface area contributed by atoms with E-state index in [9.17, 15) is 0 Å². The van der Waals surface area contributed by atoms with Gasteiger partial charge in [0.05, 0.1) is 0 Å². The molecule has 214 valence electrons. The molecule has 2 radical (unpaired) electrons. The first-order chi connectivity index (χ1) is 20.4. The van der Waals surface area contributed by atoms with Crippen LogP contribution in [0.15, 0.2) is 158 Å². The van der Waals surface area contributed by atoms with E-state index in [1.165, 1.54) is 57.3 Å². The average molecular weight is 743 g/mol. The molecule has 0 unspecified atom stereocenters. The third kappa shape index (κ3) is 14.1. The van der Waals surface area contributed by atoms with Gasteiger partial charge in [0, 0.05) is 0 Å². The van der Waals surface area contributed by atoms with Gasteiger partial charge in [-0.1, -0.05) is 97.1 Å². The van der Waals surface area contributed by atoms with Crippen LogP contribution < -0.4 is 0 Å². The van der Waals surface area contributed by atoms with Crippen molar-refractivity contribution in [1.29, 1.82) is 0 Å². The van der Waals surface area contributed by atoms with E-state index in [0.29, 0.717) is 0 Å². The zero-order valence-corrected chi connectivity index (χ0v) is 31.6. The second-order valence-corrected chi connectivity index (χ2v) is 12.2. The third-order valence-corrected chi connectivity index (χ3v) is 9.98. The minimum absolute atomic E-state index is 0. The number of rotatable bonds is 5. The molecule has 0 fully saturated rings. The Bertz CT molecular complexity index is 1410. The maximum absolute atomic E-state index is 2.46. The fraction of sp³-hybridized carbons (Fsp3) is 0.150. The second kappa shape index (κ2) is 21.1. The van der Waals surface area contributed by atoms with Gasteiger partial charge in [-0.3, -0.25) is 0 Å². The molecule has 6 aromatic carbocycles. The third-order valence-electron chi connectivity index (χ3n) is 6.58. The van der Waals surface area contributed by atoms with Crippen molar-refractivity contribution in [2.75, 3.05) is 0 Å². The number of fused-ring (bicyclic) bond motifs is 2. The van der Waals surface area contributed by atoms with E-state index in [1.807, 2.05) is 36.4 Å². The smallest absolute Gasteiger partial charge is 0.168 e. The first-order valence-electron chi connectivity index (χ1n) is 14.6. The van der Waals surface area contributed by atoms with Gasteiger partial charge in [0.2, 0.25) is 0 Å². The summed E-state index contributed by atoms with van der Waals surface area (Å²) in [6.07, 6.45) is 8.31. The molecule has 0 N–H and O–H groups in total. The van der Waals surface area contributed by atoms with Gasteiger partial charge < -0.3 is 0 Å². The van der Waals surface area contributed by atoms with Gasteiger partial charge in [-0.05, 0) is 11.1 Å². The summed E-state index contributed by atoms with van der Waals surface area (Å²) in [5.41, 5.74) is 2.44. The topological polar surface area (TPSA) is 3.24 Å². The normalized spacial score (nSPS) is 10.7. The van der Waals surface area contributed by atoms with Crippen molar-refractivity contribution >= 4 is 58.4 Å². The van der Waals surface area contributed by atoms with Gasteiger partial charge in [-0.15, -0.1) is 59.3 Å². The maximum Gasteiger partial charge on any atom is 2.00 e. The van der Waals surface area contributed by atoms with E-state index in [-0.39, 0.29) is 26.2 Å². The minimum atomic E-state index is 0. The molecule has 6 rings (SSSR count). The zero-order valence-electron chi connectivity index (χ0n) is 25.8. The summed E-state index contributed by atoms with van der Waals surface area (Å²) in [4.78, 5) is 0. The first-order valence-corrected chi connectivity index (χ1v) is 16.1. The van der Waals surface area contributed by atoms with Gasteiger partial charge >= 0.3 is 93.5 Å². The van der Waals surface area contributed by atoms with Crippen LogP contribution >= 0.6 is 0 Å². The molecule has 1 nitrogen and oxygen atoms in total. The maximum atomic E-state index is 2.46. The van der Waals surface area contributed by atoms with Crippen LogP contribution in [-0.2, 0) is 26.2 Å². The Kier molecular flexibility index (Phi) is 17.9. The Balaban J connectivity index is 0.000000208. The number of hydrogen-bond acceptors (Lipinski definition) is 1.